The number of benzene rings is 6. The number of hydrogen-bond acceptors (Lipinski definition) is 15. The van der Waals surface area contributed by atoms with Gasteiger partial charge in [-0.3, -0.25) is 4.79 Å². The summed E-state index contributed by atoms with van der Waals surface area (Å²) in [6.07, 6.45) is 18.8. The van der Waals surface area contributed by atoms with Gasteiger partial charge in [-0.1, -0.05) is 133 Å². The van der Waals surface area contributed by atoms with Crippen molar-refractivity contribution in [3.8, 4) is 34.3 Å². The van der Waals surface area contributed by atoms with E-state index in [-0.39, 0.29) is 57.5 Å². The van der Waals surface area contributed by atoms with Crippen molar-refractivity contribution in [2.45, 2.75) is 142 Å². The second kappa shape index (κ2) is 35.2. The van der Waals surface area contributed by atoms with E-state index in [2.05, 4.69) is 20.2 Å². The summed E-state index contributed by atoms with van der Waals surface area (Å²) in [5, 5.41) is 39.5. The Morgan fingerprint density at radius 1 is 0.635 bits per heavy atom. The number of carbonyl (C=O) groups excluding carboxylic acids is 2. The zero-order chi connectivity index (χ0) is 66.0. The van der Waals surface area contributed by atoms with Gasteiger partial charge >= 0.3 is 23.9 Å². The Hall–Kier alpha value is -10.4. The van der Waals surface area contributed by atoms with Crippen molar-refractivity contribution in [1.82, 2.24) is 24.4 Å². The molecule has 4 aromatic heterocycles. The Morgan fingerprint density at radius 3 is 1.61 bits per heavy atom. The molecule has 23 heteroatoms. The number of aryl methyl sites for hydroxylation is 1. The lowest BCUT2D eigenvalue weighted by Crippen LogP contribution is -2.66. The first-order valence-corrected chi connectivity index (χ1v) is 31.8. The van der Waals surface area contributed by atoms with Crippen molar-refractivity contribution in [2.75, 3.05) is 6.61 Å². The largest absolute Gasteiger partial charge is 0.744 e. The minimum Gasteiger partial charge on any atom is -0.744 e. The number of aromatic nitrogens is 4. The van der Waals surface area contributed by atoms with E-state index >= 15 is 0 Å². The summed E-state index contributed by atoms with van der Waals surface area (Å²) in [7, 11) is -4.27. The van der Waals surface area contributed by atoms with E-state index in [0.29, 0.717) is 40.9 Å². The second-order valence-corrected chi connectivity index (χ2v) is 24.1. The number of carboxylic acids is 3. The van der Waals surface area contributed by atoms with Crippen molar-refractivity contribution in [1.29, 1.82) is 0 Å². The number of aliphatic carboxylic acids is 2. The molecule has 6 aromatic carbocycles. The number of furan rings is 2. The molecule has 22 nitrogen and oxygen atoms in total. The smallest absolute Gasteiger partial charge is 0.365 e. The minimum atomic E-state index is -4.27. The fraction of sp³-hybridized carbons (Fsp3) is 0.301. The van der Waals surface area contributed by atoms with Crippen molar-refractivity contribution >= 4 is 62.0 Å². The molecule has 0 saturated heterocycles. The maximum Gasteiger partial charge on any atom is 0.365 e. The number of amides is 1. The number of esters is 1. The molecule has 0 spiro atoms. The van der Waals surface area contributed by atoms with Crippen LogP contribution in [-0.4, -0.2) is 101 Å². The van der Waals surface area contributed by atoms with Crippen LogP contribution in [0.5, 0.6) is 11.5 Å². The molecule has 2 atom stereocenters. The number of fused-ring (bicyclic) bond motifs is 2. The Kier molecular flexibility index (Phi) is 27.4. The van der Waals surface area contributed by atoms with Crippen molar-refractivity contribution in [3.05, 3.63) is 210 Å². The molecule has 0 unspecified atom stereocenters. The molecule has 96 heavy (non-hydrogen) atoms. The molecular formula is C73H84N6O16S. The molecule has 10 aromatic rings. The van der Waals surface area contributed by atoms with E-state index in [4.69, 9.17) is 33.4 Å². The number of rotatable bonds is 19. The summed E-state index contributed by atoms with van der Waals surface area (Å²) in [6.45, 7) is 1.61. The van der Waals surface area contributed by atoms with Gasteiger partial charge in [-0.15, -0.1) is 0 Å². The van der Waals surface area contributed by atoms with Gasteiger partial charge in [-0.05, 0) is 134 Å². The zero-order valence-electron chi connectivity index (χ0n) is 51.0. The number of hydrogen-bond donors (Lipinski definition) is 6. The van der Waals surface area contributed by atoms with Gasteiger partial charge in [0.15, 0.2) is 12.6 Å². The molecule has 2 saturated carbocycles. The predicted octanol–water partition coefficient (Wildman–Crippen LogP) is 13.3. The molecule has 1 amide bonds. The summed E-state index contributed by atoms with van der Waals surface area (Å²) in [6, 6.07) is 41.8. The molecular weight excluding hydrogens is 1250 g/mol. The van der Waals surface area contributed by atoms with Crippen molar-refractivity contribution in [2.24, 2.45) is 0 Å². The Bertz CT molecular complexity index is 4240. The number of ether oxygens (including phenoxy) is 2. The number of imidazole rings is 2. The first-order chi connectivity index (χ1) is 44.8. The van der Waals surface area contributed by atoms with Gasteiger partial charge in [0.05, 0.1) is 56.2 Å². The van der Waals surface area contributed by atoms with Gasteiger partial charge in [0.2, 0.25) is 0 Å². The maximum atomic E-state index is 13.1. The first-order valence-electron chi connectivity index (χ1n) is 30.4. The highest BCUT2D eigenvalue weighted by molar-refractivity contribution is 7.85. The average molecular weight is 1330 g/mol. The summed E-state index contributed by atoms with van der Waals surface area (Å²) in [5.41, 5.74) is 13.0. The quantitative estimate of drug-likeness (QED) is 0.0323. The summed E-state index contributed by atoms with van der Waals surface area (Å²) >= 11 is 0. The van der Waals surface area contributed by atoms with Crippen LogP contribution in [0, 0.1) is 6.92 Å². The molecule has 2 aliphatic rings. The number of nitrogens with one attached hydrogen (secondary N) is 1. The van der Waals surface area contributed by atoms with Crippen LogP contribution >= 0.6 is 0 Å². The van der Waals surface area contributed by atoms with E-state index in [0.717, 1.165) is 94.5 Å². The normalized spacial score (nSPS) is 13.6. The lowest BCUT2D eigenvalue weighted by atomic mass is 9.95. The number of aromatic hydroxyl groups is 1. The van der Waals surface area contributed by atoms with Gasteiger partial charge in [0.1, 0.15) is 58.4 Å². The number of aromatic carboxylic acids is 1. The number of phenols is 1. The molecule has 12 rings (SSSR count). The van der Waals surface area contributed by atoms with E-state index in [9.17, 15) is 52.3 Å². The maximum absolute atomic E-state index is 13.1. The predicted molar refractivity (Wildman–Crippen MR) is 362 cm³/mol. The fourth-order valence-electron chi connectivity index (χ4n) is 11.2. The third-order valence-corrected chi connectivity index (χ3v) is 16.8. The van der Waals surface area contributed by atoms with Crippen LogP contribution in [0.25, 0.3) is 44.8 Å². The Morgan fingerprint density at radius 2 is 1.14 bits per heavy atom. The molecule has 4 heterocycles. The second-order valence-electron chi connectivity index (χ2n) is 22.8. The molecule has 0 bridgehead atoms. The molecule has 0 radical (unpaired) electrons. The van der Waals surface area contributed by atoms with Gasteiger partial charge in [0, 0.05) is 30.5 Å². The average Bonchev–Trinajstić information content (AvgIpc) is 1.62. The van der Waals surface area contributed by atoms with Crippen LogP contribution in [0.3, 0.4) is 0 Å². The monoisotopic (exact) mass is 1330 g/mol. The highest BCUT2D eigenvalue weighted by atomic mass is 32.2. The topological polar surface area (TPSA) is 344 Å². The van der Waals surface area contributed by atoms with Crippen LogP contribution in [0.4, 0.5) is 0 Å². The lowest BCUT2D eigenvalue weighted by molar-refractivity contribution is -0.408. The zero-order valence-corrected chi connectivity index (χ0v) is 51.9. The Labute approximate surface area is 558 Å². The van der Waals surface area contributed by atoms with E-state index in [1.165, 1.54) is 37.8 Å². The van der Waals surface area contributed by atoms with Crippen LogP contribution in [-0.2, 0) is 48.7 Å². The van der Waals surface area contributed by atoms with E-state index in [1.54, 1.807) is 110 Å². The molecule has 508 valence electrons. The number of quaternary nitrogens is 1. The summed E-state index contributed by atoms with van der Waals surface area (Å²) in [5.74, 6) is -1.79. The van der Waals surface area contributed by atoms with Crippen LogP contribution in [0.15, 0.2) is 190 Å². The van der Waals surface area contributed by atoms with Gasteiger partial charge in [-0.2, -0.15) is 0 Å². The number of phenolic OH excluding ortho intramolecular Hbond substituents is 1. The number of carbonyl (C=O) groups is 5. The van der Waals surface area contributed by atoms with Crippen LogP contribution in [0.2, 0.25) is 0 Å². The van der Waals surface area contributed by atoms with Crippen molar-refractivity contribution < 1.29 is 81.4 Å². The lowest BCUT2D eigenvalue weighted by Gasteiger charge is -2.25. The molecule has 2 aliphatic carbocycles. The van der Waals surface area contributed by atoms with Gasteiger partial charge in [0.25, 0.3) is 5.91 Å². The van der Waals surface area contributed by atoms with Gasteiger partial charge < -0.3 is 63.5 Å². The molecule has 8 N–H and O–H groups in total. The van der Waals surface area contributed by atoms with Crippen molar-refractivity contribution in [3.63, 3.8) is 0 Å². The number of nitrogens with zero attached hydrogens (tertiary/aromatic N) is 4. The summed E-state index contributed by atoms with van der Waals surface area (Å²) < 4.78 is 56.5. The first kappa shape index (κ1) is 74.7. The molecule has 0 aliphatic heterocycles. The van der Waals surface area contributed by atoms with E-state index < -0.39 is 52.6 Å². The highest BCUT2D eigenvalue weighted by Crippen LogP contribution is 2.38. The highest BCUT2D eigenvalue weighted by Gasteiger charge is 2.27. The molecule has 2 fully saturated rings. The van der Waals surface area contributed by atoms with Gasteiger partial charge in [-0.25, -0.2) is 37.6 Å². The van der Waals surface area contributed by atoms with E-state index in [1.807, 2.05) is 61.5 Å². The number of carboxylic acid groups (broad SMARTS) is 3. The summed E-state index contributed by atoms with van der Waals surface area (Å²) in [4.78, 5) is 68.2. The standard InChI is InChI=1S/C29H29N3O7.C18H18N2O3.C16H17NO3.C7H8O3S.3CH4/c33-26(34)17-39-22-9-6-18(7-10-22)14-24(29(36)37)31-28(35)19-8-11-25-23(15-19)30-27(20-12-13-38-16-20)32(25)21-4-2-1-3-5-21;21-18(22)12-6-7-16-15(10-12)19-17(13-8-9-23-11-13)20(16)14-4-2-1-3-5-14;17-15(10-12-6-8-14(18)9-7-12)16(19)20-11-13-4-2-1-3-5-13;1-6-2-4-7(5-3-6)11(8,9)10;;;/h6-13,15-16,21,24H,1-5,14,17H2,(H,31,35)(H,33,34)(H,36,37);6-11,14H,1-5H2,(H,21,22);1-9,15,18H,10-11,17H2;2-5H,1H3,(H,8,9,10);3*1H4/t24-;;15-;;;;/m0.0..../s1. The SMILES string of the molecule is C.C.C.Cc1ccc(S(=O)(=O)[O-])cc1.O=C(O)COc1ccc(C[C@H](NC(=O)c2ccc3c(c2)nc(-c2ccoc2)n3C2CCCCC2)C(=O)O)cc1.O=C(O)c1ccc2c(c1)nc(-c1ccoc1)n2C1CCCCC1.[NH3+][C@@H](Cc1ccc(O)cc1)C(=O)OCc1ccccc1. The van der Waals surface area contributed by atoms with Crippen LogP contribution < -0.4 is 15.8 Å². The Balaban J connectivity index is 0.000000219. The third kappa shape index (κ3) is 20.3. The van der Waals surface area contributed by atoms with Crippen LogP contribution in [0.1, 0.15) is 142 Å². The minimum absolute atomic E-state index is 0. The third-order valence-electron chi connectivity index (χ3n) is 15.9. The fourth-order valence-corrected chi connectivity index (χ4v) is 11.6.